The van der Waals surface area contributed by atoms with Crippen molar-refractivity contribution >= 4 is 11.6 Å². The smallest absolute Gasteiger partial charge is 0.0226 e. The van der Waals surface area contributed by atoms with E-state index in [0.717, 1.165) is 17.7 Å². The lowest BCUT2D eigenvalue weighted by molar-refractivity contribution is 0.194. The Morgan fingerprint density at radius 2 is 2.00 bits per heavy atom. The molecule has 2 atom stereocenters. The summed E-state index contributed by atoms with van der Waals surface area (Å²) in [6.45, 7) is 7.15. The summed E-state index contributed by atoms with van der Waals surface area (Å²) in [5.74, 6) is 2.59. The van der Waals surface area contributed by atoms with Crippen molar-refractivity contribution in [2.45, 2.75) is 40.0 Å². The Balaban J connectivity index is 2.55. The number of rotatable bonds is 2. The maximum atomic E-state index is 5.76. The zero-order valence-electron chi connectivity index (χ0n) is 7.86. The van der Waals surface area contributed by atoms with E-state index in [1.54, 1.807) is 0 Å². The Morgan fingerprint density at radius 3 is 2.36 bits per heavy atom. The standard InChI is InChI=1S/C10H19Cl/c1-8-4-5-9(6-7-11)10(8,2)3/h8-9H,4-7H2,1-3H3/t8?,9-/m0/s1. The molecule has 0 amide bonds. The monoisotopic (exact) mass is 174 g/mol. The summed E-state index contributed by atoms with van der Waals surface area (Å²) in [6, 6.07) is 0. The molecule has 1 unspecified atom stereocenters. The van der Waals surface area contributed by atoms with E-state index in [1.807, 2.05) is 0 Å². The van der Waals surface area contributed by atoms with Gasteiger partial charge in [-0.2, -0.15) is 0 Å². The van der Waals surface area contributed by atoms with Gasteiger partial charge in [-0.05, 0) is 36.5 Å². The van der Waals surface area contributed by atoms with Crippen LogP contribution in [0, 0.1) is 17.3 Å². The van der Waals surface area contributed by atoms with Crippen molar-refractivity contribution in [1.29, 1.82) is 0 Å². The predicted molar refractivity (Wildman–Crippen MR) is 51.0 cm³/mol. The van der Waals surface area contributed by atoms with Crippen molar-refractivity contribution in [2.24, 2.45) is 17.3 Å². The maximum absolute atomic E-state index is 5.76. The van der Waals surface area contributed by atoms with Gasteiger partial charge in [0.25, 0.3) is 0 Å². The molecule has 0 saturated heterocycles. The number of hydrogen-bond donors (Lipinski definition) is 0. The van der Waals surface area contributed by atoms with Crippen LogP contribution in [0.25, 0.3) is 0 Å². The summed E-state index contributed by atoms with van der Waals surface area (Å²) < 4.78 is 0. The molecule has 0 aromatic rings. The van der Waals surface area contributed by atoms with Crippen LogP contribution in [-0.4, -0.2) is 5.88 Å². The molecule has 0 aliphatic heterocycles. The zero-order chi connectivity index (χ0) is 8.48. The summed E-state index contributed by atoms with van der Waals surface area (Å²) in [5, 5.41) is 0. The van der Waals surface area contributed by atoms with Gasteiger partial charge >= 0.3 is 0 Å². The van der Waals surface area contributed by atoms with E-state index in [4.69, 9.17) is 11.6 Å². The molecule has 1 aliphatic rings. The van der Waals surface area contributed by atoms with Crippen molar-refractivity contribution in [1.82, 2.24) is 0 Å². The summed E-state index contributed by atoms with van der Waals surface area (Å²) in [6.07, 6.45) is 3.99. The third-order valence-corrected chi connectivity index (χ3v) is 3.95. The molecule has 0 N–H and O–H groups in total. The molecule has 0 nitrogen and oxygen atoms in total. The van der Waals surface area contributed by atoms with Gasteiger partial charge in [0.05, 0.1) is 0 Å². The van der Waals surface area contributed by atoms with E-state index in [1.165, 1.54) is 19.3 Å². The van der Waals surface area contributed by atoms with Gasteiger partial charge in [-0.3, -0.25) is 0 Å². The summed E-state index contributed by atoms with van der Waals surface area (Å²) in [5.41, 5.74) is 0.537. The van der Waals surface area contributed by atoms with E-state index < -0.39 is 0 Å². The second kappa shape index (κ2) is 3.35. The highest BCUT2D eigenvalue weighted by Gasteiger charge is 2.39. The van der Waals surface area contributed by atoms with Crippen molar-refractivity contribution in [3.8, 4) is 0 Å². The molecule has 1 aliphatic carbocycles. The minimum atomic E-state index is 0.537. The van der Waals surface area contributed by atoms with E-state index in [-0.39, 0.29) is 0 Å². The molecular formula is C10H19Cl. The summed E-state index contributed by atoms with van der Waals surface area (Å²) in [4.78, 5) is 0. The second-order valence-electron chi connectivity index (χ2n) is 4.47. The molecule has 11 heavy (non-hydrogen) atoms. The van der Waals surface area contributed by atoms with Gasteiger partial charge in [0.1, 0.15) is 0 Å². The Bertz CT molecular complexity index is 127. The van der Waals surface area contributed by atoms with Crippen LogP contribution in [0.5, 0.6) is 0 Å². The third kappa shape index (κ3) is 1.72. The highest BCUT2D eigenvalue weighted by molar-refractivity contribution is 6.17. The maximum Gasteiger partial charge on any atom is 0.0226 e. The minimum absolute atomic E-state index is 0.537. The van der Waals surface area contributed by atoms with Crippen LogP contribution >= 0.6 is 11.6 Å². The van der Waals surface area contributed by atoms with E-state index in [2.05, 4.69) is 20.8 Å². The molecule has 1 heteroatoms. The average Bonchev–Trinajstić information content (AvgIpc) is 2.16. The van der Waals surface area contributed by atoms with Crippen LogP contribution in [0.15, 0.2) is 0 Å². The molecule has 0 aromatic heterocycles. The fraction of sp³-hybridized carbons (Fsp3) is 1.00. The quantitative estimate of drug-likeness (QED) is 0.561. The SMILES string of the molecule is CC1CC[C@@H](CCCl)C1(C)C. The number of alkyl halides is 1. The molecule has 0 heterocycles. The fourth-order valence-corrected chi connectivity index (χ4v) is 2.51. The molecule has 1 rings (SSSR count). The molecule has 66 valence electrons. The lowest BCUT2D eigenvalue weighted by Gasteiger charge is -2.30. The van der Waals surface area contributed by atoms with Gasteiger partial charge in [0.2, 0.25) is 0 Å². The first-order valence-corrected chi connectivity index (χ1v) is 5.18. The van der Waals surface area contributed by atoms with Gasteiger partial charge in [-0.25, -0.2) is 0 Å². The minimum Gasteiger partial charge on any atom is -0.127 e. The zero-order valence-corrected chi connectivity index (χ0v) is 8.62. The lowest BCUT2D eigenvalue weighted by atomic mass is 9.75. The summed E-state index contributed by atoms with van der Waals surface area (Å²) >= 11 is 5.76. The Labute approximate surface area is 75.3 Å². The largest absolute Gasteiger partial charge is 0.127 e. The van der Waals surface area contributed by atoms with Crippen LogP contribution < -0.4 is 0 Å². The Kier molecular flexibility index (Phi) is 2.85. The second-order valence-corrected chi connectivity index (χ2v) is 4.85. The molecule has 0 aromatic carbocycles. The van der Waals surface area contributed by atoms with Gasteiger partial charge in [-0.1, -0.05) is 20.8 Å². The molecule has 0 spiro atoms. The van der Waals surface area contributed by atoms with E-state index >= 15 is 0 Å². The topological polar surface area (TPSA) is 0 Å². The lowest BCUT2D eigenvalue weighted by Crippen LogP contribution is -2.23. The molecule has 1 saturated carbocycles. The van der Waals surface area contributed by atoms with Crippen molar-refractivity contribution in [2.75, 3.05) is 5.88 Å². The van der Waals surface area contributed by atoms with Gasteiger partial charge in [0.15, 0.2) is 0 Å². The molecule has 1 fully saturated rings. The van der Waals surface area contributed by atoms with Crippen molar-refractivity contribution in [3.05, 3.63) is 0 Å². The Hall–Kier alpha value is 0.290. The third-order valence-electron chi connectivity index (χ3n) is 3.73. The number of halogens is 1. The van der Waals surface area contributed by atoms with Crippen molar-refractivity contribution in [3.63, 3.8) is 0 Å². The highest BCUT2D eigenvalue weighted by atomic mass is 35.5. The van der Waals surface area contributed by atoms with Crippen LogP contribution in [0.4, 0.5) is 0 Å². The molecular weight excluding hydrogens is 156 g/mol. The van der Waals surface area contributed by atoms with Gasteiger partial charge in [-0.15, -0.1) is 11.6 Å². The average molecular weight is 175 g/mol. The van der Waals surface area contributed by atoms with Crippen LogP contribution in [0.2, 0.25) is 0 Å². The Morgan fingerprint density at radius 1 is 1.36 bits per heavy atom. The first-order chi connectivity index (χ1) is 5.09. The molecule has 0 radical (unpaired) electrons. The van der Waals surface area contributed by atoms with Gasteiger partial charge < -0.3 is 0 Å². The first kappa shape index (κ1) is 9.38. The van der Waals surface area contributed by atoms with Crippen LogP contribution in [0.1, 0.15) is 40.0 Å². The summed E-state index contributed by atoms with van der Waals surface area (Å²) in [7, 11) is 0. The van der Waals surface area contributed by atoms with Crippen LogP contribution in [0.3, 0.4) is 0 Å². The predicted octanol–water partition coefficient (Wildman–Crippen LogP) is 3.69. The van der Waals surface area contributed by atoms with Crippen molar-refractivity contribution < 1.29 is 0 Å². The first-order valence-electron chi connectivity index (χ1n) is 4.65. The fourth-order valence-electron chi connectivity index (χ4n) is 2.25. The normalized spacial score (nSPS) is 36.0. The van der Waals surface area contributed by atoms with Crippen LogP contribution in [-0.2, 0) is 0 Å². The van der Waals surface area contributed by atoms with Gasteiger partial charge in [0, 0.05) is 5.88 Å². The molecule has 0 bridgehead atoms. The van der Waals surface area contributed by atoms with E-state index in [0.29, 0.717) is 5.41 Å². The van der Waals surface area contributed by atoms with E-state index in [9.17, 15) is 0 Å². The highest BCUT2D eigenvalue weighted by Crippen LogP contribution is 2.48. The number of hydrogen-bond acceptors (Lipinski definition) is 0.